The Morgan fingerprint density at radius 3 is 3.12 bits per heavy atom. The van der Waals surface area contributed by atoms with E-state index in [4.69, 9.17) is 0 Å². The highest BCUT2D eigenvalue weighted by Crippen LogP contribution is 2.10. The first-order valence-electron chi connectivity index (χ1n) is 5.66. The molecule has 5 nitrogen and oxygen atoms in total. The molecule has 1 aliphatic heterocycles. The van der Waals surface area contributed by atoms with Crippen LogP contribution in [0.25, 0.3) is 0 Å². The molecular formula is C11H18N4O. The smallest absolute Gasteiger partial charge is 0.271 e. The van der Waals surface area contributed by atoms with E-state index in [-0.39, 0.29) is 11.9 Å². The minimum absolute atomic E-state index is 0.0700. The van der Waals surface area contributed by atoms with Gasteiger partial charge in [0.1, 0.15) is 5.69 Å². The molecule has 0 bridgehead atoms. The summed E-state index contributed by atoms with van der Waals surface area (Å²) in [4.78, 5) is 15.9. The van der Waals surface area contributed by atoms with E-state index in [9.17, 15) is 4.79 Å². The molecule has 0 aromatic carbocycles. The molecule has 1 aromatic heterocycles. The van der Waals surface area contributed by atoms with Gasteiger partial charge in [0, 0.05) is 19.3 Å². The van der Waals surface area contributed by atoms with Crippen molar-refractivity contribution in [3.05, 3.63) is 18.2 Å². The standard InChI is InChI=1S/C11H18N4O/c1-8-5-12-4-3-9(8)14-11(16)10-6-15(2)7-13-10/h6-9,12H,3-5H2,1-2H3,(H,14,16). The third kappa shape index (κ3) is 2.41. The van der Waals surface area contributed by atoms with Gasteiger partial charge in [0.05, 0.1) is 6.33 Å². The van der Waals surface area contributed by atoms with Gasteiger partial charge >= 0.3 is 0 Å². The highest BCUT2D eigenvalue weighted by molar-refractivity contribution is 5.92. The van der Waals surface area contributed by atoms with Crippen molar-refractivity contribution in [3.63, 3.8) is 0 Å². The fourth-order valence-electron chi connectivity index (χ4n) is 2.00. The van der Waals surface area contributed by atoms with Crippen molar-refractivity contribution >= 4 is 5.91 Å². The van der Waals surface area contributed by atoms with E-state index in [1.165, 1.54) is 0 Å². The second-order valence-electron chi connectivity index (χ2n) is 4.47. The van der Waals surface area contributed by atoms with Gasteiger partial charge in [0.2, 0.25) is 0 Å². The lowest BCUT2D eigenvalue weighted by Gasteiger charge is -2.29. The van der Waals surface area contributed by atoms with Gasteiger partial charge in [0.15, 0.2) is 0 Å². The maximum Gasteiger partial charge on any atom is 0.271 e. The molecule has 1 fully saturated rings. The average Bonchev–Trinajstić information content (AvgIpc) is 2.68. The number of imidazole rings is 1. The van der Waals surface area contributed by atoms with Crippen molar-refractivity contribution in [1.82, 2.24) is 20.2 Å². The molecule has 16 heavy (non-hydrogen) atoms. The van der Waals surface area contributed by atoms with E-state index >= 15 is 0 Å². The Morgan fingerprint density at radius 1 is 1.69 bits per heavy atom. The second-order valence-corrected chi connectivity index (χ2v) is 4.47. The molecule has 0 radical (unpaired) electrons. The van der Waals surface area contributed by atoms with E-state index in [2.05, 4.69) is 22.5 Å². The van der Waals surface area contributed by atoms with E-state index < -0.39 is 0 Å². The summed E-state index contributed by atoms with van der Waals surface area (Å²) in [6.07, 6.45) is 4.36. The summed E-state index contributed by atoms with van der Waals surface area (Å²) in [6.45, 7) is 4.08. The zero-order chi connectivity index (χ0) is 11.5. The van der Waals surface area contributed by atoms with Crippen LogP contribution in [0.2, 0.25) is 0 Å². The zero-order valence-electron chi connectivity index (χ0n) is 9.73. The molecule has 1 saturated heterocycles. The Labute approximate surface area is 95.2 Å². The fraction of sp³-hybridized carbons (Fsp3) is 0.636. The van der Waals surface area contributed by atoms with Crippen LogP contribution < -0.4 is 10.6 Å². The monoisotopic (exact) mass is 222 g/mol. The molecule has 2 rings (SSSR count). The van der Waals surface area contributed by atoms with Crippen LogP contribution in [0.4, 0.5) is 0 Å². The van der Waals surface area contributed by atoms with Crippen LogP contribution in [0, 0.1) is 5.92 Å². The Morgan fingerprint density at radius 2 is 2.50 bits per heavy atom. The van der Waals surface area contributed by atoms with Gasteiger partial charge in [-0.2, -0.15) is 0 Å². The molecule has 2 N–H and O–H groups in total. The van der Waals surface area contributed by atoms with Crippen LogP contribution in [0.1, 0.15) is 23.8 Å². The third-order valence-corrected chi connectivity index (χ3v) is 3.04. The minimum atomic E-state index is -0.0700. The summed E-state index contributed by atoms with van der Waals surface area (Å²) in [5.74, 6) is 0.403. The topological polar surface area (TPSA) is 58.9 Å². The first kappa shape index (κ1) is 11.1. The largest absolute Gasteiger partial charge is 0.348 e. The highest BCUT2D eigenvalue weighted by Gasteiger charge is 2.23. The molecule has 0 aliphatic carbocycles. The van der Waals surface area contributed by atoms with Crippen LogP contribution in [0.5, 0.6) is 0 Å². The van der Waals surface area contributed by atoms with Gasteiger partial charge in [-0.05, 0) is 25.4 Å². The van der Waals surface area contributed by atoms with Gasteiger partial charge in [-0.1, -0.05) is 6.92 Å². The predicted octanol–water partition coefficient (Wildman–Crippen LogP) is 0.148. The van der Waals surface area contributed by atoms with Crippen LogP contribution in [0.15, 0.2) is 12.5 Å². The van der Waals surface area contributed by atoms with Gasteiger partial charge in [-0.15, -0.1) is 0 Å². The number of hydrogen-bond donors (Lipinski definition) is 2. The Hall–Kier alpha value is -1.36. The van der Waals surface area contributed by atoms with Crippen molar-refractivity contribution in [1.29, 1.82) is 0 Å². The first-order chi connectivity index (χ1) is 7.66. The van der Waals surface area contributed by atoms with Crippen LogP contribution in [-0.4, -0.2) is 34.6 Å². The molecular weight excluding hydrogens is 204 g/mol. The van der Waals surface area contributed by atoms with Crippen molar-refractivity contribution in [3.8, 4) is 0 Å². The van der Waals surface area contributed by atoms with Gasteiger partial charge in [-0.25, -0.2) is 4.98 Å². The summed E-state index contributed by atoms with van der Waals surface area (Å²) in [6, 6.07) is 0.260. The first-order valence-corrected chi connectivity index (χ1v) is 5.66. The van der Waals surface area contributed by atoms with Gasteiger partial charge < -0.3 is 15.2 Å². The Bertz CT molecular complexity index is 374. The number of aromatic nitrogens is 2. The second kappa shape index (κ2) is 4.65. The molecule has 1 aliphatic rings. The van der Waals surface area contributed by atoms with E-state index in [1.54, 1.807) is 17.1 Å². The maximum absolute atomic E-state index is 11.9. The van der Waals surface area contributed by atoms with Crippen LogP contribution >= 0.6 is 0 Å². The Kier molecular flexibility index (Phi) is 3.24. The van der Waals surface area contributed by atoms with Crippen molar-refractivity contribution in [2.75, 3.05) is 13.1 Å². The lowest BCUT2D eigenvalue weighted by molar-refractivity contribution is 0.0909. The number of carbonyl (C=O) groups excluding carboxylic acids is 1. The zero-order valence-corrected chi connectivity index (χ0v) is 9.73. The SMILES string of the molecule is CC1CNCCC1NC(=O)c1cn(C)cn1. The summed E-state index contributed by atoms with van der Waals surface area (Å²) < 4.78 is 1.78. The van der Waals surface area contributed by atoms with Crippen molar-refractivity contribution in [2.24, 2.45) is 13.0 Å². The number of amides is 1. The minimum Gasteiger partial charge on any atom is -0.348 e. The molecule has 2 unspecified atom stereocenters. The van der Waals surface area contributed by atoms with Crippen LogP contribution in [-0.2, 0) is 7.05 Å². The molecule has 88 valence electrons. The predicted molar refractivity (Wildman–Crippen MR) is 61.1 cm³/mol. The van der Waals surface area contributed by atoms with Crippen molar-refractivity contribution in [2.45, 2.75) is 19.4 Å². The average molecular weight is 222 g/mol. The quantitative estimate of drug-likeness (QED) is 0.748. The van der Waals surface area contributed by atoms with E-state index in [0.29, 0.717) is 11.6 Å². The highest BCUT2D eigenvalue weighted by atomic mass is 16.2. The summed E-state index contributed by atoms with van der Waals surface area (Å²) >= 11 is 0. The molecule has 0 spiro atoms. The number of aryl methyl sites for hydroxylation is 1. The molecule has 1 amide bonds. The molecule has 2 heterocycles. The van der Waals surface area contributed by atoms with Gasteiger partial charge in [0.25, 0.3) is 5.91 Å². The number of piperidine rings is 1. The Balaban J connectivity index is 1.96. The summed E-state index contributed by atoms with van der Waals surface area (Å²) in [7, 11) is 1.86. The fourth-order valence-corrected chi connectivity index (χ4v) is 2.00. The molecule has 0 saturated carbocycles. The van der Waals surface area contributed by atoms with Crippen molar-refractivity contribution < 1.29 is 4.79 Å². The number of rotatable bonds is 2. The lowest BCUT2D eigenvalue weighted by atomic mass is 9.95. The number of nitrogens with one attached hydrogen (secondary N) is 2. The number of hydrogen-bond acceptors (Lipinski definition) is 3. The molecule has 1 aromatic rings. The van der Waals surface area contributed by atoms with E-state index in [1.807, 2.05) is 7.05 Å². The van der Waals surface area contributed by atoms with Crippen LogP contribution in [0.3, 0.4) is 0 Å². The summed E-state index contributed by atoms with van der Waals surface area (Å²) in [5, 5.41) is 6.35. The maximum atomic E-state index is 11.9. The number of carbonyl (C=O) groups is 1. The van der Waals surface area contributed by atoms with Gasteiger partial charge in [-0.3, -0.25) is 4.79 Å². The molecule has 5 heteroatoms. The third-order valence-electron chi connectivity index (χ3n) is 3.04. The lowest BCUT2D eigenvalue weighted by Crippen LogP contribution is -2.48. The molecule has 2 atom stereocenters. The number of nitrogens with zero attached hydrogens (tertiary/aromatic N) is 2. The normalized spacial score (nSPS) is 25.4. The van der Waals surface area contributed by atoms with E-state index in [0.717, 1.165) is 19.5 Å². The summed E-state index contributed by atoms with van der Waals surface area (Å²) in [5.41, 5.74) is 0.494.